The molecule has 0 spiro atoms. The molecule has 0 aliphatic carbocycles. The largest absolute Gasteiger partial charge is 0.467 e. The van der Waals surface area contributed by atoms with Crippen LogP contribution in [0.2, 0.25) is 0 Å². The number of nitrogens with one attached hydrogen (secondary N) is 3. The van der Waals surface area contributed by atoms with Gasteiger partial charge < -0.3 is 60.1 Å². The first-order valence-electron chi connectivity index (χ1n) is 28.1. The second-order valence-corrected chi connectivity index (χ2v) is 21.7. The molecule has 1 unspecified atom stereocenters. The number of amides is 4. The molecule has 6 heterocycles. The number of aromatic nitrogens is 4. The maximum atomic E-state index is 14.4. The fourth-order valence-corrected chi connectivity index (χ4v) is 11.5. The lowest BCUT2D eigenvalue weighted by molar-refractivity contribution is -0.138. The number of carbonyl (C=O) groups is 5. The monoisotopic (exact) mass is 1170 g/mol. The third-order valence-electron chi connectivity index (χ3n) is 15.1. The number of nitrogens with zero attached hydrogens (tertiary/aromatic N) is 9. The Balaban J connectivity index is 0.682. The number of Topliss-reactive ketones (excluding diaryl/α,β-unsaturated/α-hetero) is 1. The number of likely N-dealkylation sites (tertiary alicyclic amines) is 2. The van der Waals surface area contributed by atoms with Crippen molar-refractivity contribution in [1.82, 2.24) is 50.4 Å². The number of hydrogen-bond donors (Lipinski definition) is 4. The zero-order chi connectivity index (χ0) is 59.0. The van der Waals surface area contributed by atoms with Crippen LogP contribution < -0.4 is 26.4 Å². The van der Waals surface area contributed by atoms with Gasteiger partial charge in [-0.25, -0.2) is 18.7 Å². The molecule has 2 aromatic heterocycles. The molecule has 5 atom stereocenters. The molecule has 4 aliphatic rings. The molecule has 83 heavy (non-hydrogen) atoms. The first-order chi connectivity index (χ1) is 40.1. The summed E-state index contributed by atoms with van der Waals surface area (Å²) in [6.07, 6.45) is 3.58. The van der Waals surface area contributed by atoms with Crippen molar-refractivity contribution in [2.45, 2.75) is 89.3 Å². The highest BCUT2D eigenvalue weighted by Gasteiger charge is 2.43. The number of anilines is 1. The van der Waals surface area contributed by atoms with Gasteiger partial charge in [-0.05, 0) is 108 Å². The van der Waals surface area contributed by atoms with E-state index < -0.39 is 41.8 Å². The number of fused-ring (bicyclic) bond motifs is 5. The predicted molar refractivity (Wildman–Crippen MR) is 303 cm³/mol. The molecule has 0 saturated carbocycles. The number of nitrogen functional groups attached to an aromatic ring is 1. The Hall–Kier alpha value is -6.99. The summed E-state index contributed by atoms with van der Waals surface area (Å²) in [5.41, 5.74) is 8.05. The van der Waals surface area contributed by atoms with Crippen LogP contribution in [0.5, 0.6) is 5.88 Å². The average molecular weight is 1170 g/mol. The van der Waals surface area contributed by atoms with Crippen molar-refractivity contribution in [2.75, 3.05) is 111 Å². The highest BCUT2D eigenvalue weighted by molar-refractivity contribution is 8.14. The van der Waals surface area contributed by atoms with E-state index in [1.54, 1.807) is 27.9 Å². The lowest BCUT2D eigenvalue weighted by Gasteiger charge is -2.38. The van der Waals surface area contributed by atoms with Crippen molar-refractivity contribution in [3.8, 4) is 23.2 Å². The number of benzene rings is 2. The molecule has 2 fully saturated rings. The van der Waals surface area contributed by atoms with Crippen LogP contribution in [0.15, 0.2) is 53.7 Å². The minimum absolute atomic E-state index is 0.0309. The van der Waals surface area contributed by atoms with Gasteiger partial charge in [-0.15, -0.1) is 11.8 Å². The van der Waals surface area contributed by atoms with Crippen LogP contribution >= 0.6 is 11.8 Å². The molecule has 4 aliphatic heterocycles. The molecule has 8 rings (SSSR count). The number of piperidine rings is 1. The zero-order valence-electron chi connectivity index (χ0n) is 47.3. The average Bonchev–Trinajstić information content (AvgIpc) is 3.97. The van der Waals surface area contributed by atoms with Gasteiger partial charge in [0.2, 0.25) is 17.7 Å². The van der Waals surface area contributed by atoms with Crippen molar-refractivity contribution in [2.24, 2.45) is 10.9 Å². The van der Waals surface area contributed by atoms with E-state index in [9.17, 15) is 38.0 Å². The van der Waals surface area contributed by atoms with Crippen molar-refractivity contribution >= 4 is 52.0 Å². The number of thioether (sulfide) groups is 1. The second kappa shape index (κ2) is 30.0. The van der Waals surface area contributed by atoms with E-state index in [1.807, 2.05) is 4.90 Å². The number of nitrogens with two attached hydrogens (primary N) is 1. The molecule has 26 heteroatoms. The molecular weight excluding hydrogens is 1100 g/mol. The van der Waals surface area contributed by atoms with Crippen molar-refractivity contribution in [1.29, 1.82) is 5.26 Å². The maximum absolute atomic E-state index is 14.4. The van der Waals surface area contributed by atoms with E-state index in [0.29, 0.717) is 80.9 Å². The number of rotatable bonds is 26. The third kappa shape index (κ3) is 16.2. The van der Waals surface area contributed by atoms with Gasteiger partial charge in [-0.3, -0.25) is 33.6 Å². The third-order valence-corrected chi connectivity index (χ3v) is 16.2. The Morgan fingerprint density at radius 2 is 1.61 bits per heavy atom. The molecule has 4 amide bonds. The smallest absolute Gasteiger partial charge is 0.258 e. The quantitative estimate of drug-likeness (QED) is 0.0517. The predicted octanol–water partition coefficient (Wildman–Crippen LogP) is 3.56. The van der Waals surface area contributed by atoms with Crippen LogP contribution in [0.1, 0.15) is 89.7 Å². The van der Waals surface area contributed by atoms with E-state index in [0.717, 1.165) is 43.8 Å². The molecule has 2 saturated heterocycles. The van der Waals surface area contributed by atoms with Crippen molar-refractivity contribution in [3.05, 3.63) is 88.4 Å². The summed E-state index contributed by atoms with van der Waals surface area (Å²) in [4.78, 5) is 86.4. The second-order valence-electron chi connectivity index (χ2n) is 20.7. The number of aliphatic imine (C=N–C) groups is 1. The number of ether oxygens (including phenoxy) is 5. The van der Waals surface area contributed by atoms with Gasteiger partial charge in [-0.2, -0.15) is 10.4 Å². The van der Waals surface area contributed by atoms with E-state index in [2.05, 4.69) is 42.0 Å². The molecule has 4 aromatic rings. The van der Waals surface area contributed by atoms with Crippen molar-refractivity contribution < 1.29 is 56.4 Å². The van der Waals surface area contributed by atoms with Crippen LogP contribution in [-0.4, -0.2) is 198 Å². The van der Waals surface area contributed by atoms with E-state index in [-0.39, 0.29) is 103 Å². The van der Waals surface area contributed by atoms with Gasteiger partial charge in [-0.1, -0.05) is 0 Å². The molecule has 2 aromatic carbocycles. The van der Waals surface area contributed by atoms with Crippen LogP contribution in [0, 0.1) is 28.9 Å². The summed E-state index contributed by atoms with van der Waals surface area (Å²) in [6, 6.07) is 9.39. The van der Waals surface area contributed by atoms with Gasteiger partial charge >= 0.3 is 0 Å². The Labute approximate surface area is 485 Å². The van der Waals surface area contributed by atoms with E-state index in [4.69, 9.17) is 34.4 Å². The van der Waals surface area contributed by atoms with Gasteiger partial charge in [0, 0.05) is 55.5 Å². The topological polar surface area (TPSA) is 283 Å². The first-order valence-corrected chi connectivity index (χ1v) is 29.0. The summed E-state index contributed by atoms with van der Waals surface area (Å²) in [7, 11) is 3.28. The van der Waals surface area contributed by atoms with E-state index in [1.165, 1.54) is 70.0 Å². The fraction of sp³-hybridized carbons (Fsp3) is 0.544. The normalized spacial score (nSPS) is 19.1. The molecule has 23 nitrogen and oxygen atoms in total. The highest BCUT2D eigenvalue weighted by Crippen LogP contribution is 2.35. The Morgan fingerprint density at radius 1 is 0.928 bits per heavy atom. The number of likely N-dealkylation sites (N-methyl/N-ethyl adjacent to an activating group) is 1. The number of carbonyl (C=O) groups excluding carboxylic acids is 5. The van der Waals surface area contributed by atoms with Gasteiger partial charge in [0.15, 0.2) is 11.6 Å². The van der Waals surface area contributed by atoms with Crippen molar-refractivity contribution in [3.63, 3.8) is 0 Å². The number of halogens is 2. The summed E-state index contributed by atoms with van der Waals surface area (Å²) >= 11 is 1.49. The zero-order valence-corrected chi connectivity index (χ0v) is 48.1. The standard InChI is InChI=1S/C57H73F2N13O10S/c1-35(62-3)53(75)67-50(57(77)71-17-5-6-46(71)55-66-45(34-83-55)51(74)38-7-9-39(58)10-8-38)37-13-18-70(19-14-37)21-23-79-25-27-81-29-28-80-26-24-78-22-15-48(73)63-16-20-72-47(31-60)49-43-32-64-52(61)54(65-43)82-36(2)42-30-40(59)11-12-41(42)56(76)69(4)33-44(49)68-72/h7-12,30,32,35-37,45-46,50,62H,5-6,13-29,33-34H2,1-4H3,(H2,61,64)(H,63,73)(H,67,75)/t35-,36+,45?,46-,50-/m0/s1. The number of ketones is 1. The van der Waals surface area contributed by atoms with Gasteiger partial charge in [0.05, 0.1) is 106 Å². The number of nitriles is 1. The van der Waals surface area contributed by atoms with Crippen LogP contribution in [-0.2, 0) is 46.4 Å². The minimum Gasteiger partial charge on any atom is -0.467 e. The Morgan fingerprint density at radius 3 is 2.31 bits per heavy atom. The lowest BCUT2D eigenvalue weighted by atomic mass is 9.88. The SMILES string of the molecule is CN[C@@H](C)C(=O)N[C@H](C(=O)N1CCC[C@H]1C1=NC(C(=O)c2ccc(F)cc2)CS1)C1CCN(CCOCCOCCOCCOCCC(=O)NCCn2nc3c(c2C#N)-c2cnc(N)c(n2)O[C@H](C)c2cc(F)ccc2C(=O)N(C)C3)CC1. The van der Waals surface area contributed by atoms with Crippen LogP contribution in [0.4, 0.5) is 14.6 Å². The maximum Gasteiger partial charge on any atom is 0.258 e. The lowest BCUT2D eigenvalue weighted by Crippen LogP contribution is -2.58. The highest BCUT2D eigenvalue weighted by atomic mass is 32.2. The van der Waals surface area contributed by atoms with Crippen LogP contribution in [0.3, 0.4) is 0 Å². The van der Waals surface area contributed by atoms with Crippen LogP contribution in [0.25, 0.3) is 11.3 Å². The van der Waals surface area contributed by atoms with E-state index >= 15 is 0 Å². The molecule has 0 radical (unpaired) electrons. The minimum atomic E-state index is -0.833. The molecule has 5 N–H and O–H groups in total. The molecule has 446 valence electrons. The molecule has 2 bridgehead atoms. The summed E-state index contributed by atoms with van der Waals surface area (Å²) < 4.78 is 58.1. The molecular formula is C57H73F2N13O10S. The summed E-state index contributed by atoms with van der Waals surface area (Å²) in [6.45, 7) is 9.15. The number of hydrogen-bond acceptors (Lipinski definition) is 19. The van der Waals surface area contributed by atoms with Gasteiger partial charge in [0.1, 0.15) is 41.6 Å². The Bertz CT molecular complexity index is 2990. The first kappa shape index (κ1) is 62.1. The Kier molecular flexibility index (Phi) is 22.4. The fourth-order valence-electron chi connectivity index (χ4n) is 10.3. The van der Waals surface area contributed by atoms with Gasteiger partial charge in [0.25, 0.3) is 11.8 Å². The summed E-state index contributed by atoms with van der Waals surface area (Å²) in [5.74, 6) is -1.90. The summed E-state index contributed by atoms with van der Waals surface area (Å²) in [5, 5.41) is 24.6.